The van der Waals surface area contributed by atoms with Crippen LogP contribution in [-0.4, -0.2) is 38.3 Å². The summed E-state index contributed by atoms with van der Waals surface area (Å²) in [5, 5.41) is 12.0. The van der Waals surface area contributed by atoms with Crippen LogP contribution in [0.2, 0.25) is 0 Å². The van der Waals surface area contributed by atoms with Crippen LogP contribution in [-0.2, 0) is 16.0 Å². The molecule has 0 aromatic heterocycles. The summed E-state index contributed by atoms with van der Waals surface area (Å²) < 4.78 is 15.8. The summed E-state index contributed by atoms with van der Waals surface area (Å²) >= 11 is 0. The number of nitrogens with one attached hydrogen (secondary N) is 1. The number of carbonyl (C=O) groups excluding carboxylic acids is 1. The molecule has 2 N–H and O–H groups in total. The molecule has 0 heterocycles. The zero-order valence-corrected chi connectivity index (χ0v) is 16.2. The molecule has 0 unspecified atom stereocenters. The molecule has 0 aliphatic rings. The summed E-state index contributed by atoms with van der Waals surface area (Å²) in [5.74, 6) is 0.620. The van der Waals surface area contributed by atoms with Gasteiger partial charge in [-0.3, -0.25) is 9.59 Å². The van der Waals surface area contributed by atoms with E-state index < -0.39 is 12.0 Å². The molecule has 1 amide bonds. The van der Waals surface area contributed by atoms with E-state index in [9.17, 15) is 14.7 Å². The van der Waals surface area contributed by atoms with Crippen LogP contribution in [0.25, 0.3) is 0 Å². The van der Waals surface area contributed by atoms with Gasteiger partial charge in [-0.2, -0.15) is 0 Å². The van der Waals surface area contributed by atoms with Crippen LogP contribution in [0.5, 0.6) is 17.2 Å². The van der Waals surface area contributed by atoms with Crippen molar-refractivity contribution in [2.24, 2.45) is 0 Å². The van der Waals surface area contributed by atoms with Crippen molar-refractivity contribution >= 4 is 11.9 Å². The third-order valence-corrected chi connectivity index (χ3v) is 4.34. The fraction of sp³-hybridized carbons (Fsp3) is 0.333. The van der Waals surface area contributed by atoms with Crippen molar-refractivity contribution in [3.8, 4) is 17.2 Å². The fourth-order valence-corrected chi connectivity index (χ4v) is 2.93. The summed E-state index contributed by atoms with van der Waals surface area (Å²) in [6.07, 6.45) is 0.422. The minimum Gasteiger partial charge on any atom is -0.497 e. The first-order valence-electron chi connectivity index (χ1n) is 8.83. The van der Waals surface area contributed by atoms with Gasteiger partial charge in [0.05, 0.1) is 33.8 Å². The Labute approximate surface area is 164 Å². The number of methoxy groups -OCH3 is 3. The van der Waals surface area contributed by atoms with Crippen molar-refractivity contribution < 1.29 is 28.9 Å². The van der Waals surface area contributed by atoms with Crippen molar-refractivity contribution in [1.29, 1.82) is 0 Å². The smallest absolute Gasteiger partial charge is 0.305 e. The van der Waals surface area contributed by atoms with Gasteiger partial charge < -0.3 is 24.6 Å². The SMILES string of the molecule is COc1ccc([C@H](CC(=O)O)NC(=O)CCc2cccc(OC)c2OC)cc1. The first-order valence-corrected chi connectivity index (χ1v) is 8.83. The molecule has 2 aromatic carbocycles. The second kappa shape index (κ2) is 10.2. The van der Waals surface area contributed by atoms with E-state index in [4.69, 9.17) is 14.2 Å². The van der Waals surface area contributed by atoms with Gasteiger partial charge in [0.1, 0.15) is 5.75 Å². The van der Waals surface area contributed by atoms with Gasteiger partial charge in [-0.25, -0.2) is 0 Å². The number of carboxylic acid groups (broad SMARTS) is 1. The van der Waals surface area contributed by atoms with Gasteiger partial charge in [0, 0.05) is 6.42 Å². The van der Waals surface area contributed by atoms with Crippen LogP contribution in [0, 0.1) is 0 Å². The summed E-state index contributed by atoms with van der Waals surface area (Å²) in [4.78, 5) is 23.7. The van der Waals surface area contributed by atoms with E-state index >= 15 is 0 Å². The van der Waals surface area contributed by atoms with E-state index in [2.05, 4.69) is 5.32 Å². The number of rotatable bonds is 10. The zero-order valence-electron chi connectivity index (χ0n) is 16.2. The van der Waals surface area contributed by atoms with E-state index in [-0.39, 0.29) is 18.7 Å². The molecule has 0 saturated carbocycles. The minimum atomic E-state index is -0.990. The van der Waals surface area contributed by atoms with Crippen LogP contribution < -0.4 is 19.5 Å². The number of hydrogen-bond acceptors (Lipinski definition) is 5. The summed E-state index contributed by atoms with van der Waals surface area (Å²) in [6, 6.07) is 11.8. The molecule has 0 aliphatic heterocycles. The van der Waals surface area contributed by atoms with Crippen LogP contribution in [0.4, 0.5) is 0 Å². The van der Waals surface area contributed by atoms with Crippen molar-refractivity contribution in [3.05, 3.63) is 53.6 Å². The van der Waals surface area contributed by atoms with Gasteiger partial charge in [0.2, 0.25) is 5.91 Å². The molecule has 7 nitrogen and oxygen atoms in total. The number of carbonyl (C=O) groups is 2. The van der Waals surface area contributed by atoms with E-state index in [0.717, 1.165) is 5.56 Å². The number of para-hydroxylation sites is 1. The van der Waals surface area contributed by atoms with Gasteiger partial charge in [0.15, 0.2) is 11.5 Å². The molecule has 0 spiro atoms. The quantitative estimate of drug-likeness (QED) is 0.651. The van der Waals surface area contributed by atoms with E-state index in [0.29, 0.717) is 29.2 Å². The Kier molecular flexibility index (Phi) is 7.68. The van der Waals surface area contributed by atoms with Crippen molar-refractivity contribution in [3.63, 3.8) is 0 Å². The van der Waals surface area contributed by atoms with E-state index in [1.807, 2.05) is 12.1 Å². The maximum Gasteiger partial charge on any atom is 0.305 e. The Balaban J connectivity index is 2.06. The average Bonchev–Trinajstić information content (AvgIpc) is 2.71. The van der Waals surface area contributed by atoms with Gasteiger partial charge in [-0.15, -0.1) is 0 Å². The second-order valence-electron chi connectivity index (χ2n) is 6.14. The van der Waals surface area contributed by atoms with Gasteiger partial charge >= 0.3 is 5.97 Å². The summed E-state index contributed by atoms with van der Waals surface area (Å²) in [6.45, 7) is 0. The predicted molar refractivity (Wildman–Crippen MR) is 104 cm³/mol. The lowest BCUT2D eigenvalue weighted by Crippen LogP contribution is -2.30. The first-order chi connectivity index (χ1) is 13.5. The fourth-order valence-electron chi connectivity index (χ4n) is 2.93. The molecule has 0 aliphatic carbocycles. The highest BCUT2D eigenvalue weighted by Crippen LogP contribution is 2.31. The number of benzene rings is 2. The number of aliphatic carboxylic acids is 1. The lowest BCUT2D eigenvalue weighted by atomic mass is 10.0. The topological polar surface area (TPSA) is 94.1 Å². The lowest BCUT2D eigenvalue weighted by molar-refractivity contribution is -0.137. The molecule has 0 radical (unpaired) electrons. The number of aryl methyl sites for hydroxylation is 1. The molecule has 0 saturated heterocycles. The van der Waals surface area contributed by atoms with Crippen LogP contribution >= 0.6 is 0 Å². The van der Waals surface area contributed by atoms with Crippen LogP contribution in [0.1, 0.15) is 30.0 Å². The standard InChI is InChI=1S/C21H25NO6/c1-26-16-10-7-14(8-11-16)17(13-20(24)25)22-19(23)12-9-15-5-4-6-18(27-2)21(15)28-3/h4-8,10-11,17H,9,12-13H2,1-3H3,(H,22,23)(H,24,25)/t17-/m0/s1. The maximum atomic E-state index is 12.5. The van der Waals surface area contributed by atoms with Crippen LogP contribution in [0.15, 0.2) is 42.5 Å². The maximum absolute atomic E-state index is 12.5. The predicted octanol–water partition coefficient (Wildman–Crippen LogP) is 2.98. The molecule has 28 heavy (non-hydrogen) atoms. The highest BCUT2D eigenvalue weighted by atomic mass is 16.5. The monoisotopic (exact) mass is 387 g/mol. The normalized spacial score (nSPS) is 11.4. The number of hydrogen-bond donors (Lipinski definition) is 2. The highest BCUT2D eigenvalue weighted by molar-refractivity contribution is 5.78. The molecule has 150 valence electrons. The molecule has 0 fully saturated rings. The van der Waals surface area contributed by atoms with Gasteiger partial charge in [-0.05, 0) is 35.7 Å². The zero-order chi connectivity index (χ0) is 20.5. The number of ether oxygens (including phenoxy) is 3. The third kappa shape index (κ3) is 5.64. The second-order valence-corrected chi connectivity index (χ2v) is 6.14. The minimum absolute atomic E-state index is 0.190. The van der Waals surface area contributed by atoms with Crippen molar-refractivity contribution in [2.75, 3.05) is 21.3 Å². The molecule has 2 rings (SSSR count). The average molecular weight is 387 g/mol. The van der Waals surface area contributed by atoms with Crippen LogP contribution in [0.3, 0.4) is 0 Å². The van der Waals surface area contributed by atoms with Gasteiger partial charge in [0.25, 0.3) is 0 Å². The molecule has 2 aromatic rings. The molecule has 0 bridgehead atoms. The Morgan fingerprint density at radius 3 is 2.29 bits per heavy atom. The van der Waals surface area contributed by atoms with Crippen molar-refractivity contribution in [2.45, 2.75) is 25.3 Å². The van der Waals surface area contributed by atoms with E-state index in [1.54, 1.807) is 51.7 Å². The highest BCUT2D eigenvalue weighted by Gasteiger charge is 2.19. The van der Waals surface area contributed by atoms with Crippen molar-refractivity contribution in [1.82, 2.24) is 5.32 Å². The Morgan fingerprint density at radius 2 is 1.71 bits per heavy atom. The molecular formula is C21H25NO6. The Morgan fingerprint density at radius 1 is 1.00 bits per heavy atom. The largest absolute Gasteiger partial charge is 0.497 e. The third-order valence-electron chi connectivity index (χ3n) is 4.34. The Bertz CT molecular complexity index is 803. The summed E-state index contributed by atoms with van der Waals surface area (Å²) in [5.41, 5.74) is 1.55. The number of carboxylic acids is 1. The molecule has 1 atom stereocenters. The molecule has 7 heteroatoms. The first kappa shape index (κ1) is 21.1. The summed E-state index contributed by atoms with van der Waals surface area (Å²) in [7, 11) is 4.66. The lowest BCUT2D eigenvalue weighted by Gasteiger charge is -2.18. The number of amides is 1. The Hall–Kier alpha value is -3.22. The van der Waals surface area contributed by atoms with Gasteiger partial charge in [-0.1, -0.05) is 24.3 Å². The molecular weight excluding hydrogens is 362 g/mol. The van der Waals surface area contributed by atoms with E-state index in [1.165, 1.54) is 0 Å².